The highest BCUT2D eigenvalue weighted by atomic mass is 32.2. The molecule has 0 amide bonds. The van der Waals surface area contributed by atoms with Crippen molar-refractivity contribution in [1.29, 1.82) is 0 Å². The molecule has 2 aromatic heterocycles. The second kappa shape index (κ2) is 7.09. The predicted molar refractivity (Wildman–Crippen MR) is 111 cm³/mol. The summed E-state index contributed by atoms with van der Waals surface area (Å²) in [5.41, 5.74) is 3.80. The number of hydrogen-bond acceptors (Lipinski definition) is 6. The summed E-state index contributed by atoms with van der Waals surface area (Å²) >= 11 is 0. The summed E-state index contributed by atoms with van der Waals surface area (Å²) in [6.45, 7) is 6.44. The second-order valence-corrected chi connectivity index (χ2v) is 10.5. The minimum absolute atomic E-state index is 0.00730. The normalized spacial score (nSPS) is 15.8. The van der Waals surface area contributed by atoms with Gasteiger partial charge >= 0.3 is 0 Å². The van der Waals surface area contributed by atoms with Gasteiger partial charge in [0.25, 0.3) is 5.89 Å². The Kier molecular flexibility index (Phi) is 4.85. The zero-order valence-corrected chi connectivity index (χ0v) is 18.0. The average molecular weight is 415 g/mol. The molecule has 0 aliphatic heterocycles. The van der Waals surface area contributed by atoms with E-state index in [9.17, 15) is 8.42 Å². The Labute approximate surface area is 171 Å². The second-order valence-electron chi connectivity index (χ2n) is 8.28. The standard InChI is InChI=1S/C21H26N4O3S/c1-14(2)17-13-18(25(23-17)11-12-29(4,26)27)19-22-20(24-28-19)21(9-10-21)16-8-6-5-7-15(16)3/h5-8,13-14H,9-12H2,1-4H3. The number of aryl methyl sites for hydroxylation is 2. The summed E-state index contributed by atoms with van der Waals surface area (Å²) in [5, 5.41) is 8.88. The molecule has 0 N–H and O–H groups in total. The first-order valence-electron chi connectivity index (χ1n) is 9.86. The summed E-state index contributed by atoms with van der Waals surface area (Å²) in [6.07, 6.45) is 3.20. The van der Waals surface area contributed by atoms with Crippen molar-refractivity contribution in [2.75, 3.05) is 12.0 Å². The lowest BCUT2D eigenvalue weighted by molar-refractivity contribution is 0.413. The van der Waals surface area contributed by atoms with Crippen molar-refractivity contribution < 1.29 is 12.9 Å². The van der Waals surface area contributed by atoms with Crippen LogP contribution in [0, 0.1) is 6.92 Å². The Morgan fingerprint density at radius 2 is 1.97 bits per heavy atom. The molecule has 3 aromatic rings. The Bertz CT molecular complexity index is 1140. The third kappa shape index (κ3) is 3.85. The van der Waals surface area contributed by atoms with Gasteiger partial charge in [-0.3, -0.25) is 4.68 Å². The van der Waals surface area contributed by atoms with E-state index in [2.05, 4.69) is 29.3 Å². The molecule has 0 saturated heterocycles. The van der Waals surface area contributed by atoms with E-state index in [0.717, 1.165) is 18.5 Å². The van der Waals surface area contributed by atoms with E-state index in [1.807, 2.05) is 32.0 Å². The van der Waals surface area contributed by atoms with Gasteiger partial charge in [0.05, 0.1) is 23.4 Å². The summed E-state index contributed by atoms with van der Waals surface area (Å²) < 4.78 is 30.6. The molecule has 1 fully saturated rings. The number of nitrogens with zero attached hydrogens (tertiary/aromatic N) is 4. The van der Waals surface area contributed by atoms with Crippen LogP contribution in [0.15, 0.2) is 34.9 Å². The van der Waals surface area contributed by atoms with Gasteiger partial charge in [-0.25, -0.2) is 8.42 Å². The van der Waals surface area contributed by atoms with Gasteiger partial charge < -0.3 is 4.52 Å². The fourth-order valence-corrected chi connectivity index (χ4v) is 4.19. The van der Waals surface area contributed by atoms with Crippen LogP contribution in [-0.4, -0.2) is 40.3 Å². The van der Waals surface area contributed by atoms with E-state index in [0.29, 0.717) is 17.4 Å². The van der Waals surface area contributed by atoms with Crippen LogP contribution in [0.1, 0.15) is 55.3 Å². The van der Waals surface area contributed by atoms with Crippen LogP contribution in [-0.2, 0) is 21.8 Å². The molecule has 154 valence electrons. The SMILES string of the molecule is Cc1ccccc1C1(c2noc(-c3cc(C(C)C)nn3CCS(C)(=O)=O)n2)CC1. The van der Waals surface area contributed by atoms with E-state index >= 15 is 0 Å². The molecule has 0 atom stereocenters. The first-order valence-corrected chi connectivity index (χ1v) is 11.9. The van der Waals surface area contributed by atoms with Crippen LogP contribution in [0.2, 0.25) is 0 Å². The topological polar surface area (TPSA) is 90.9 Å². The molecule has 7 nitrogen and oxygen atoms in total. The summed E-state index contributed by atoms with van der Waals surface area (Å²) in [6, 6.07) is 10.2. The molecule has 29 heavy (non-hydrogen) atoms. The molecule has 0 spiro atoms. The molecule has 1 aliphatic rings. The maximum atomic E-state index is 11.6. The quantitative estimate of drug-likeness (QED) is 0.588. The van der Waals surface area contributed by atoms with Crippen molar-refractivity contribution in [1.82, 2.24) is 19.9 Å². The van der Waals surface area contributed by atoms with Crippen molar-refractivity contribution in [3.63, 3.8) is 0 Å². The first-order chi connectivity index (χ1) is 13.7. The third-order valence-electron chi connectivity index (χ3n) is 5.55. The maximum Gasteiger partial charge on any atom is 0.276 e. The van der Waals surface area contributed by atoms with E-state index < -0.39 is 9.84 Å². The smallest absolute Gasteiger partial charge is 0.276 e. The van der Waals surface area contributed by atoms with Crippen LogP contribution in [0.25, 0.3) is 11.6 Å². The van der Waals surface area contributed by atoms with Crippen molar-refractivity contribution in [3.8, 4) is 11.6 Å². The molecule has 8 heteroatoms. The number of rotatable bonds is 7. The largest absolute Gasteiger partial charge is 0.332 e. The van der Waals surface area contributed by atoms with Crippen LogP contribution in [0.5, 0.6) is 0 Å². The lowest BCUT2D eigenvalue weighted by Crippen LogP contribution is -2.14. The van der Waals surface area contributed by atoms with E-state index in [4.69, 9.17) is 9.51 Å². The van der Waals surface area contributed by atoms with Crippen molar-refractivity contribution in [3.05, 3.63) is 53.0 Å². The summed E-state index contributed by atoms with van der Waals surface area (Å²) in [4.78, 5) is 4.72. The van der Waals surface area contributed by atoms with E-state index in [-0.39, 0.29) is 23.6 Å². The lowest BCUT2D eigenvalue weighted by Gasteiger charge is -2.13. The van der Waals surface area contributed by atoms with Crippen LogP contribution < -0.4 is 0 Å². The predicted octanol–water partition coefficient (Wildman–Crippen LogP) is 3.49. The van der Waals surface area contributed by atoms with E-state index in [1.165, 1.54) is 17.4 Å². The highest BCUT2D eigenvalue weighted by molar-refractivity contribution is 7.90. The first kappa shape index (κ1) is 19.8. The Balaban J connectivity index is 1.70. The van der Waals surface area contributed by atoms with Crippen LogP contribution in [0.4, 0.5) is 0 Å². The van der Waals surface area contributed by atoms with Gasteiger partial charge in [0.1, 0.15) is 15.5 Å². The van der Waals surface area contributed by atoms with Crippen LogP contribution in [0.3, 0.4) is 0 Å². The zero-order valence-electron chi connectivity index (χ0n) is 17.2. The molecular weight excluding hydrogens is 388 g/mol. The molecular formula is C21H26N4O3S. The van der Waals surface area contributed by atoms with Crippen LogP contribution >= 0.6 is 0 Å². The lowest BCUT2D eigenvalue weighted by atomic mass is 9.91. The average Bonchev–Trinajstić information content (AvgIpc) is 3.12. The minimum atomic E-state index is -3.11. The summed E-state index contributed by atoms with van der Waals surface area (Å²) in [7, 11) is -3.11. The highest BCUT2D eigenvalue weighted by Gasteiger charge is 2.50. The molecule has 4 rings (SSSR count). The molecule has 2 heterocycles. The maximum absolute atomic E-state index is 11.6. The molecule has 0 unspecified atom stereocenters. The highest BCUT2D eigenvalue weighted by Crippen LogP contribution is 2.53. The number of hydrogen-bond donors (Lipinski definition) is 0. The van der Waals surface area contributed by atoms with Gasteiger partial charge in [0, 0.05) is 6.26 Å². The number of sulfone groups is 1. The molecule has 1 saturated carbocycles. The zero-order chi connectivity index (χ0) is 20.8. The molecule has 0 radical (unpaired) electrons. The monoisotopic (exact) mass is 414 g/mol. The fraction of sp³-hybridized carbons (Fsp3) is 0.476. The third-order valence-corrected chi connectivity index (χ3v) is 6.47. The Hall–Kier alpha value is -2.48. The number of aromatic nitrogens is 4. The summed E-state index contributed by atoms with van der Waals surface area (Å²) in [5.74, 6) is 1.28. The van der Waals surface area contributed by atoms with Gasteiger partial charge in [0.2, 0.25) is 0 Å². The van der Waals surface area contributed by atoms with E-state index in [1.54, 1.807) is 4.68 Å². The van der Waals surface area contributed by atoms with Crippen molar-refractivity contribution in [2.24, 2.45) is 0 Å². The van der Waals surface area contributed by atoms with Gasteiger partial charge in [-0.15, -0.1) is 0 Å². The van der Waals surface area contributed by atoms with Crippen molar-refractivity contribution >= 4 is 9.84 Å². The molecule has 0 bridgehead atoms. The van der Waals surface area contributed by atoms with Gasteiger partial charge in [-0.1, -0.05) is 43.3 Å². The molecule has 1 aromatic carbocycles. The van der Waals surface area contributed by atoms with Crippen molar-refractivity contribution in [2.45, 2.75) is 51.5 Å². The fourth-order valence-electron chi connectivity index (χ4n) is 3.68. The van der Waals surface area contributed by atoms with Gasteiger partial charge in [-0.05, 0) is 42.9 Å². The Morgan fingerprint density at radius 3 is 2.59 bits per heavy atom. The number of benzene rings is 1. The minimum Gasteiger partial charge on any atom is -0.332 e. The van der Waals surface area contributed by atoms with Gasteiger partial charge in [0.15, 0.2) is 5.82 Å². The van der Waals surface area contributed by atoms with Gasteiger partial charge in [-0.2, -0.15) is 10.1 Å². The Morgan fingerprint density at radius 1 is 1.24 bits per heavy atom. The molecule has 1 aliphatic carbocycles.